The van der Waals surface area contributed by atoms with E-state index in [2.05, 4.69) is 11.9 Å². The number of aryl methyl sites for hydroxylation is 1. The molecule has 4 rings (SSSR count). The van der Waals surface area contributed by atoms with Gasteiger partial charge in [-0.2, -0.15) is 0 Å². The third-order valence-electron chi connectivity index (χ3n) is 5.77. The molecule has 168 valence electrons. The molecular formula is C27H24ClFN2O2. The lowest BCUT2D eigenvalue weighted by Crippen LogP contribution is -2.35. The Labute approximate surface area is 197 Å². The first-order valence-corrected chi connectivity index (χ1v) is 11.2. The number of fused-ring (bicyclic) bond motifs is 1. The van der Waals surface area contributed by atoms with Gasteiger partial charge < -0.3 is 10.2 Å². The summed E-state index contributed by atoms with van der Waals surface area (Å²) in [5.41, 5.74) is 3.81. The van der Waals surface area contributed by atoms with Gasteiger partial charge in [-0.15, -0.1) is 6.58 Å². The van der Waals surface area contributed by atoms with Gasteiger partial charge in [0.15, 0.2) is 0 Å². The van der Waals surface area contributed by atoms with Crippen LogP contribution in [0, 0.1) is 5.82 Å². The second-order valence-corrected chi connectivity index (χ2v) is 8.47. The zero-order chi connectivity index (χ0) is 23.4. The zero-order valence-corrected chi connectivity index (χ0v) is 18.8. The smallest absolute Gasteiger partial charge is 0.258 e. The maximum Gasteiger partial charge on any atom is 0.258 e. The monoisotopic (exact) mass is 462 g/mol. The van der Waals surface area contributed by atoms with Crippen molar-refractivity contribution in [1.29, 1.82) is 0 Å². The van der Waals surface area contributed by atoms with Crippen LogP contribution in [-0.2, 0) is 11.2 Å². The van der Waals surface area contributed by atoms with Gasteiger partial charge in [-0.25, -0.2) is 4.39 Å². The third-order valence-corrected chi connectivity index (χ3v) is 6.01. The molecule has 1 unspecified atom stereocenters. The minimum absolute atomic E-state index is 0.0945. The number of halogens is 2. The van der Waals surface area contributed by atoms with E-state index in [-0.39, 0.29) is 17.6 Å². The Morgan fingerprint density at radius 1 is 1.12 bits per heavy atom. The van der Waals surface area contributed by atoms with Gasteiger partial charge in [-0.05, 0) is 78.9 Å². The number of amides is 2. The molecule has 33 heavy (non-hydrogen) atoms. The number of carbonyl (C=O) groups excluding carboxylic acids is 2. The van der Waals surface area contributed by atoms with Crippen LogP contribution in [0.1, 0.15) is 40.2 Å². The normalized spacial score (nSPS) is 13.7. The highest BCUT2D eigenvalue weighted by atomic mass is 35.5. The van der Waals surface area contributed by atoms with E-state index in [0.717, 1.165) is 29.7 Å². The Morgan fingerprint density at radius 2 is 1.91 bits per heavy atom. The van der Waals surface area contributed by atoms with Crippen LogP contribution in [0.25, 0.3) is 0 Å². The summed E-state index contributed by atoms with van der Waals surface area (Å²) < 4.78 is 13.2. The summed E-state index contributed by atoms with van der Waals surface area (Å²) in [6.07, 6.45) is 3.82. The minimum Gasteiger partial charge on any atom is -0.326 e. The molecule has 1 heterocycles. The summed E-state index contributed by atoms with van der Waals surface area (Å²) in [6, 6.07) is 18.4. The van der Waals surface area contributed by atoms with Crippen molar-refractivity contribution in [3.63, 3.8) is 0 Å². The van der Waals surface area contributed by atoms with Gasteiger partial charge >= 0.3 is 0 Å². The molecule has 0 saturated carbocycles. The molecule has 3 aromatic rings. The van der Waals surface area contributed by atoms with Crippen LogP contribution in [0.3, 0.4) is 0 Å². The highest BCUT2D eigenvalue weighted by molar-refractivity contribution is 6.31. The lowest BCUT2D eigenvalue weighted by atomic mass is 9.90. The molecule has 2 amide bonds. The number of hydrogen-bond acceptors (Lipinski definition) is 2. The van der Waals surface area contributed by atoms with E-state index in [4.69, 9.17) is 11.6 Å². The van der Waals surface area contributed by atoms with E-state index < -0.39 is 5.92 Å². The number of allylic oxidation sites excluding steroid dienone is 1. The number of rotatable bonds is 6. The summed E-state index contributed by atoms with van der Waals surface area (Å²) in [5, 5.41) is 3.38. The van der Waals surface area contributed by atoms with Crippen LogP contribution >= 0.6 is 11.6 Å². The maximum absolute atomic E-state index is 13.2. The van der Waals surface area contributed by atoms with Crippen molar-refractivity contribution in [1.82, 2.24) is 0 Å². The lowest BCUT2D eigenvalue weighted by Gasteiger charge is -2.30. The van der Waals surface area contributed by atoms with Crippen molar-refractivity contribution in [2.24, 2.45) is 0 Å². The summed E-state index contributed by atoms with van der Waals surface area (Å²) in [6.45, 7) is 4.42. The summed E-state index contributed by atoms with van der Waals surface area (Å²) in [7, 11) is 0. The molecule has 0 fully saturated rings. The number of anilines is 2. The van der Waals surface area contributed by atoms with Gasteiger partial charge in [0.25, 0.3) is 5.91 Å². The van der Waals surface area contributed by atoms with Crippen molar-refractivity contribution in [2.75, 3.05) is 16.8 Å². The number of nitrogens with one attached hydrogen (secondary N) is 1. The number of hydrogen-bond donors (Lipinski definition) is 1. The topological polar surface area (TPSA) is 49.4 Å². The molecule has 6 heteroatoms. The average Bonchev–Trinajstić information content (AvgIpc) is 2.82. The molecule has 0 aliphatic carbocycles. The molecule has 3 aromatic carbocycles. The van der Waals surface area contributed by atoms with Crippen molar-refractivity contribution in [3.05, 3.63) is 107 Å². The standard InChI is InChI=1S/C27H24ClFN2O2/c1-2-5-24(26(32)30-23-12-10-22(29)11-13-23)18-9-14-25-19(16-18)7-4-15-31(25)27(33)20-6-3-8-21(28)17-20/h2-3,6,8-14,16-17,24H,1,4-5,7,15H2,(H,30,32). The van der Waals surface area contributed by atoms with Gasteiger partial charge in [-0.3, -0.25) is 9.59 Å². The average molecular weight is 463 g/mol. The first-order valence-electron chi connectivity index (χ1n) is 10.8. The predicted octanol–water partition coefficient (Wildman–Crippen LogP) is 6.37. The SMILES string of the molecule is C=CCC(C(=O)Nc1ccc(F)cc1)c1ccc2c(c1)CCCN2C(=O)c1cccc(Cl)c1. The van der Waals surface area contributed by atoms with Crippen LogP contribution in [0.15, 0.2) is 79.4 Å². The Balaban J connectivity index is 1.59. The first kappa shape index (κ1) is 22.7. The first-order chi connectivity index (χ1) is 16.0. The molecule has 0 spiro atoms. The Bertz CT molecular complexity index is 1190. The van der Waals surface area contributed by atoms with Crippen molar-refractivity contribution < 1.29 is 14.0 Å². The highest BCUT2D eigenvalue weighted by Crippen LogP contribution is 2.33. The molecular weight excluding hydrogens is 439 g/mol. The van der Waals surface area contributed by atoms with Crippen LogP contribution in [0.2, 0.25) is 5.02 Å². The molecule has 4 nitrogen and oxygen atoms in total. The van der Waals surface area contributed by atoms with E-state index >= 15 is 0 Å². The van der Waals surface area contributed by atoms with Crippen molar-refractivity contribution >= 4 is 34.8 Å². The molecule has 0 radical (unpaired) electrons. The Hall–Kier alpha value is -3.44. The second kappa shape index (κ2) is 10.0. The van der Waals surface area contributed by atoms with Gasteiger partial charge in [0.2, 0.25) is 5.91 Å². The number of nitrogens with zero attached hydrogens (tertiary/aromatic N) is 1. The Morgan fingerprint density at radius 3 is 2.64 bits per heavy atom. The fraction of sp³-hybridized carbons (Fsp3) is 0.185. The van der Waals surface area contributed by atoms with Crippen LogP contribution in [0.4, 0.5) is 15.8 Å². The molecule has 1 aliphatic rings. The lowest BCUT2D eigenvalue weighted by molar-refractivity contribution is -0.117. The van der Waals surface area contributed by atoms with E-state index in [1.54, 1.807) is 35.2 Å². The maximum atomic E-state index is 13.2. The van der Waals surface area contributed by atoms with Gasteiger partial charge in [-0.1, -0.05) is 35.9 Å². The van der Waals surface area contributed by atoms with Crippen molar-refractivity contribution in [2.45, 2.75) is 25.2 Å². The molecule has 1 N–H and O–H groups in total. The summed E-state index contributed by atoms with van der Waals surface area (Å²) in [5.74, 6) is -1.09. The van der Waals surface area contributed by atoms with Gasteiger partial charge in [0.1, 0.15) is 5.82 Å². The third kappa shape index (κ3) is 5.15. The summed E-state index contributed by atoms with van der Waals surface area (Å²) in [4.78, 5) is 27.9. The fourth-order valence-corrected chi connectivity index (χ4v) is 4.34. The van der Waals surface area contributed by atoms with Gasteiger partial charge in [0.05, 0.1) is 5.92 Å². The molecule has 1 aliphatic heterocycles. The van der Waals surface area contributed by atoms with Crippen LogP contribution < -0.4 is 10.2 Å². The molecule has 0 saturated heterocycles. The van der Waals surface area contributed by atoms with Crippen LogP contribution in [0.5, 0.6) is 0 Å². The highest BCUT2D eigenvalue weighted by Gasteiger charge is 2.26. The number of benzene rings is 3. The Kier molecular flexibility index (Phi) is 6.90. The zero-order valence-electron chi connectivity index (χ0n) is 18.1. The second-order valence-electron chi connectivity index (χ2n) is 8.03. The predicted molar refractivity (Wildman–Crippen MR) is 130 cm³/mol. The quantitative estimate of drug-likeness (QED) is 0.432. The molecule has 0 bridgehead atoms. The molecule has 0 aromatic heterocycles. The number of carbonyl (C=O) groups is 2. The van der Waals surface area contributed by atoms with E-state index in [0.29, 0.717) is 29.2 Å². The van der Waals surface area contributed by atoms with E-state index in [1.807, 2.05) is 18.2 Å². The van der Waals surface area contributed by atoms with E-state index in [1.165, 1.54) is 24.3 Å². The largest absolute Gasteiger partial charge is 0.326 e. The van der Waals surface area contributed by atoms with Crippen molar-refractivity contribution in [3.8, 4) is 0 Å². The molecule has 1 atom stereocenters. The minimum atomic E-state index is -0.447. The van der Waals surface area contributed by atoms with E-state index in [9.17, 15) is 14.0 Å². The summed E-state index contributed by atoms with van der Waals surface area (Å²) >= 11 is 6.07. The van der Waals surface area contributed by atoms with Gasteiger partial charge in [0, 0.05) is 28.5 Å². The fourth-order valence-electron chi connectivity index (χ4n) is 4.15. The van der Waals surface area contributed by atoms with Crippen LogP contribution in [-0.4, -0.2) is 18.4 Å².